The highest BCUT2D eigenvalue weighted by Gasteiger charge is 2.29. The van der Waals surface area contributed by atoms with Crippen molar-refractivity contribution in [2.75, 3.05) is 26.4 Å². The normalized spacial score (nSPS) is 15.7. The molecule has 0 saturated carbocycles. The van der Waals surface area contributed by atoms with Crippen molar-refractivity contribution in [1.29, 1.82) is 0 Å². The van der Waals surface area contributed by atoms with Crippen LogP contribution in [0.25, 0.3) is 0 Å². The molecule has 4 unspecified atom stereocenters. The van der Waals surface area contributed by atoms with Crippen molar-refractivity contribution in [3.05, 3.63) is 4.91 Å². The maximum absolute atomic E-state index is 8.96. The second-order valence-corrected chi connectivity index (χ2v) is 3.58. The zero-order chi connectivity index (χ0) is 17.4. The summed E-state index contributed by atoms with van der Waals surface area (Å²) in [5.41, 5.74) is 0. The Morgan fingerprint density at radius 2 is 0.905 bits per heavy atom. The van der Waals surface area contributed by atoms with Gasteiger partial charge in [-0.1, -0.05) is 0 Å². The molecule has 0 aromatic rings. The predicted octanol–water partition coefficient (Wildman–Crippen LogP) is -5.11. The van der Waals surface area contributed by atoms with E-state index in [-0.39, 0.29) is 13.2 Å². The van der Waals surface area contributed by atoms with E-state index in [0.717, 1.165) is 0 Å². The van der Waals surface area contributed by atoms with Crippen molar-refractivity contribution in [2.24, 2.45) is 5.34 Å². The van der Waals surface area contributed by atoms with Crippen LogP contribution in [-0.4, -0.2) is 108 Å². The molecule has 12 nitrogen and oxygen atoms in total. The molecule has 0 aliphatic carbocycles. The average Bonchev–Trinajstić information content (AvgIpc) is 2.52. The van der Waals surface area contributed by atoms with Gasteiger partial charge in [0, 0.05) is 0 Å². The van der Waals surface area contributed by atoms with Gasteiger partial charge in [0.15, 0.2) is 5.34 Å². The molecule has 0 saturated heterocycles. The number of aliphatic hydroxyl groups excluding tert-OH is 9. The zero-order valence-corrected chi connectivity index (χ0v) is 11.0. The summed E-state index contributed by atoms with van der Waals surface area (Å²) in [6.07, 6.45) is -7.35. The molecule has 0 heterocycles. The Bertz CT molecular complexity index is 202. The summed E-state index contributed by atoms with van der Waals surface area (Å²) in [6.45, 7) is -2.18. The zero-order valence-electron chi connectivity index (χ0n) is 11.0. The monoisotopic (exact) mass is 321 g/mol. The Hall–Kier alpha value is -0.960. The first-order valence-electron chi connectivity index (χ1n) is 5.57. The van der Waals surface area contributed by atoms with Gasteiger partial charge >= 0.3 is 0 Å². The fraction of sp³-hybridized carbons (Fsp3) is 1.00. The van der Waals surface area contributed by atoms with Crippen LogP contribution in [0.5, 0.6) is 0 Å². The van der Waals surface area contributed by atoms with Gasteiger partial charge in [-0.2, -0.15) is 0 Å². The summed E-state index contributed by atoms with van der Waals surface area (Å²) in [5, 5.41) is 84.1. The van der Waals surface area contributed by atoms with E-state index in [1.54, 1.807) is 0 Å². The van der Waals surface area contributed by atoms with Gasteiger partial charge in [0.1, 0.15) is 30.5 Å². The molecule has 0 amide bonds. The van der Waals surface area contributed by atoms with Crippen LogP contribution in [0.2, 0.25) is 0 Å². The molecular weight excluding hydrogens is 298 g/mol. The molecule has 0 aromatic heterocycles. The largest absolute Gasteiger partial charge is 0.394 e. The van der Waals surface area contributed by atoms with Crippen LogP contribution < -0.4 is 0 Å². The number of rotatable bonds is 7. The standard InChI is InChI=1S/C6H14O6.C3H8O3.HNO2/c7-1-3(9)5(11)6(12)4(10)2-8;4-1-3(6)2-5;2-1-3/h3-12H,1-2H2;3-6H,1-2H2;(H,2,3). The summed E-state index contributed by atoms with van der Waals surface area (Å²) in [5.74, 6) is 0. The maximum atomic E-state index is 8.96. The molecule has 0 aromatic carbocycles. The second-order valence-electron chi connectivity index (χ2n) is 3.58. The highest BCUT2D eigenvalue weighted by atomic mass is 16.6. The van der Waals surface area contributed by atoms with Gasteiger partial charge in [0.2, 0.25) is 0 Å². The van der Waals surface area contributed by atoms with E-state index in [4.69, 9.17) is 56.1 Å². The molecule has 130 valence electrons. The quantitative estimate of drug-likeness (QED) is 0.157. The SMILES string of the molecule is O=NO.OCC(O)C(O)C(O)C(O)CO.OCC(O)CO. The van der Waals surface area contributed by atoms with Crippen molar-refractivity contribution in [1.82, 2.24) is 0 Å². The van der Waals surface area contributed by atoms with Crippen molar-refractivity contribution in [3.63, 3.8) is 0 Å². The predicted molar refractivity (Wildman–Crippen MR) is 66.0 cm³/mol. The summed E-state index contributed by atoms with van der Waals surface area (Å²) in [6, 6.07) is 0. The first-order chi connectivity index (χ1) is 9.76. The third-order valence-corrected chi connectivity index (χ3v) is 1.93. The lowest BCUT2D eigenvalue weighted by Crippen LogP contribution is -2.46. The van der Waals surface area contributed by atoms with E-state index in [1.807, 2.05) is 0 Å². The van der Waals surface area contributed by atoms with E-state index in [2.05, 4.69) is 0 Å². The van der Waals surface area contributed by atoms with Gasteiger partial charge < -0.3 is 51.2 Å². The molecule has 0 rings (SSSR count). The Kier molecular flexibility index (Phi) is 20.4. The van der Waals surface area contributed by atoms with E-state index in [1.165, 1.54) is 5.34 Å². The minimum Gasteiger partial charge on any atom is -0.394 e. The first kappa shape index (κ1) is 25.0. The number of hydrogen-bond acceptors (Lipinski definition) is 11. The Morgan fingerprint density at radius 3 is 1.00 bits per heavy atom. The molecule has 12 heteroatoms. The fourth-order valence-corrected chi connectivity index (χ4v) is 0.729. The fourth-order valence-electron chi connectivity index (χ4n) is 0.729. The maximum Gasteiger partial charge on any atom is 0.152 e. The van der Waals surface area contributed by atoms with Crippen LogP contribution in [0, 0.1) is 4.91 Å². The molecule has 4 atom stereocenters. The summed E-state index contributed by atoms with van der Waals surface area (Å²) >= 11 is 0. The van der Waals surface area contributed by atoms with Crippen molar-refractivity contribution in [3.8, 4) is 0 Å². The lowest BCUT2D eigenvalue weighted by atomic mass is 10.0. The minimum absolute atomic E-state index is 0.365. The molecule has 0 radical (unpaired) electrons. The molecule has 0 aliphatic heterocycles. The van der Waals surface area contributed by atoms with E-state index >= 15 is 0 Å². The van der Waals surface area contributed by atoms with E-state index in [9.17, 15) is 0 Å². The Balaban J connectivity index is -0.000000300. The second kappa shape index (κ2) is 17.1. The molecule has 0 aliphatic rings. The smallest absolute Gasteiger partial charge is 0.152 e. The first-order valence-corrected chi connectivity index (χ1v) is 5.57. The number of nitrogens with zero attached hydrogens (tertiary/aromatic N) is 1. The molecule has 21 heavy (non-hydrogen) atoms. The topological polar surface area (TPSA) is 232 Å². The highest BCUT2D eigenvalue weighted by molar-refractivity contribution is 4.79. The van der Waals surface area contributed by atoms with Gasteiger partial charge in [0.25, 0.3) is 0 Å². The van der Waals surface area contributed by atoms with Crippen molar-refractivity contribution >= 4 is 0 Å². The van der Waals surface area contributed by atoms with E-state index in [0.29, 0.717) is 0 Å². The molecule has 0 bridgehead atoms. The third kappa shape index (κ3) is 15.3. The van der Waals surface area contributed by atoms with E-state index < -0.39 is 43.7 Å². The molecular formula is C9H23NO11. The van der Waals surface area contributed by atoms with Gasteiger partial charge in [-0.25, -0.2) is 0 Å². The average molecular weight is 321 g/mol. The lowest BCUT2D eigenvalue weighted by Gasteiger charge is -2.24. The van der Waals surface area contributed by atoms with Gasteiger partial charge in [-0.05, 0) is 0 Å². The highest BCUT2D eigenvalue weighted by Crippen LogP contribution is 2.03. The van der Waals surface area contributed by atoms with Crippen LogP contribution in [0.1, 0.15) is 0 Å². The van der Waals surface area contributed by atoms with Crippen LogP contribution in [0.15, 0.2) is 5.34 Å². The summed E-state index contributed by atoms with van der Waals surface area (Å²) < 4.78 is 0. The summed E-state index contributed by atoms with van der Waals surface area (Å²) in [7, 11) is 0. The molecule has 0 fully saturated rings. The summed E-state index contributed by atoms with van der Waals surface area (Å²) in [4.78, 5) is 8.11. The Labute approximate surface area is 119 Å². The lowest BCUT2D eigenvalue weighted by molar-refractivity contribution is -0.123. The van der Waals surface area contributed by atoms with Gasteiger partial charge in [-0.3, -0.25) is 0 Å². The van der Waals surface area contributed by atoms with Crippen LogP contribution >= 0.6 is 0 Å². The van der Waals surface area contributed by atoms with Gasteiger partial charge in [-0.15, -0.1) is 4.91 Å². The molecule has 0 spiro atoms. The van der Waals surface area contributed by atoms with Crippen molar-refractivity contribution in [2.45, 2.75) is 30.5 Å². The van der Waals surface area contributed by atoms with Crippen LogP contribution in [0.4, 0.5) is 0 Å². The Morgan fingerprint density at radius 1 is 0.667 bits per heavy atom. The van der Waals surface area contributed by atoms with Crippen molar-refractivity contribution < 1.29 is 51.2 Å². The number of aliphatic hydroxyl groups is 9. The minimum atomic E-state index is -1.67. The van der Waals surface area contributed by atoms with Crippen LogP contribution in [-0.2, 0) is 0 Å². The van der Waals surface area contributed by atoms with Crippen LogP contribution in [0.3, 0.4) is 0 Å². The number of hydrogen-bond donors (Lipinski definition) is 10. The molecule has 10 N–H and O–H groups in total. The third-order valence-electron chi connectivity index (χ3n) is 1.93. The van der Waals surface area contributed by atoms with Gasteiger partial charge in [0.05, 0.1) is 26.4 Å².